The summed E-state index contributed by atoms with van der Waals surface area (Å²) in [6.45, 7) is 6.87. The van der Waals surface area contributed by atoms with Gasteiger partial charge in [-0.3, -0.25) is 4.79 Å². The molecule has 2 unspecified atom stereocenters. The zero-order chi connectivity index (χ0) is 18.0. The maximum absolute atomic E-state index is 10.7. The van der Waals surface area contributed by atoms with Gasteiger partial charge in [0.25, 0.3) is 0 Å². The average molecular weight is 341 g/mol. The van der Waals surface area contributed by atoms with E-state index in [0.29, 0.717) is 6.42 Å². The lowest BCUT2D eigenvalue weighted by Gasteiger charge is -2.22. The molecule has 1 N–H and O–H groups in total. The van der Waals surface area contributed by atoms with Gasteiger partial charge in [0.05, 0.1) is 0 Å². The van der Waals surface area contributed by atoms with Crippen molar-refractivity contribution in [2.24, 2.45) is 11.8 Å². The van der Waals surface area contributed by atoms with E-state index in [0.717, 1.165) is 24.7 Å². The minimum absolute atomic E-state index is 0.338. The van der Waals surface area contributed by atoms with Crippen molar-refractivity contribution in [2.45, 2.75) is 124 Å². The fraction of sp³-hybridized carbons (Fsp3) is 0.955. The minimum atomic E-state index is -0.646. The first-order chi connectivity index (χ1) is 11.6. The monoisotopic (exact) mass is 340 g/mol. The maximum Gasteiger partial charge on any atom is 0.303 e. The van der Waals surface area contributed by atoms with Crippen LogP contribution in [0.2, 0.25) is 0 Å². The maximum atomic E-state index is 10.7. The second-order valence-corrected chi connectivity index (χ2v) is 7.76. The summed E-state index contributed by atoms with van der Waals surface area (Å²) in [6, 6.07) is 0. The molecule has 0 aromatic carbocycles. The first-order valence-corrected chi connectivity index (χ1v) is 10.8. The Morgan fingerprint density at radius 3 is 1.67 bits per heavy atom. The minimum Gasteiger partial charge on any atom is -0.481 e. The van der Waals surface area contributed by atoms with E-state index in [1.807, 2.05) is 0 Å². The lowest BCUT2D eigenvalue weighted by molar-refractivity contribution is -0.137. The summed E-state index contributed by atoms with van der Waals surface area (Å²) in [7, 11) is 0. The number of carboxylic acid groups (broad SMARTS) is 1. The summed E-state index contributed by atoms with van der Waals surface area (Å²) in [5, 5.41) is 8.80. The molecule has 2 heteroatoms. The highest BCUT2D eigenvalue weighted by molar-refractivity contribution is 5.66. The van der Waals surface area contributed by atoms with Gasteiger partial charge >= 0.3 is 5.97 Å². The average Bonchev–Trinajstić information content (AvgIpc) is 2.57. The fourth-order valence-electron chi connectivity index (χ4n) is 3.63. The van der Waals surface area contributed by atoms with Gasteiger partial charge in [0.1, 0.15) is 0 Å². The molecule has 0 rings (SSSR count). The number of hydrogen-bond donors (Lipinski definition) is 1. The molecule has 144 valence electrons. The molecule has 0 radical (unpaired) electrons. The number of rotatable bonds is 18. The van der Waals surface area contributed by atoms with Crippen LogP contribution in [0.3, 0.4) is 0 Å². The lowest BCUT2D eigenvalue weighted by atomic mass is 9.83. The molecule has 24 heavy (non-hydrogen) atoms. The highest BCUT2D eigenvalue weighted by Gasteiger charge is 2.15. The second kappa shape index (κ2) is 17.3. The van der Waals surface area contributed by atoms with Gasteiger partial charge in [-0.15, -0.1) is 0 Å². The molecular formula is C22H44O2. The summed E-state index contributed by atoms with van der Waals surface area (Å²) in [6.07, 6.45) is 20.2. The van der Waals surface area contributed by atoms with Crippen LogP contribution in [-0.4, -0.2) is 11.1 Å². The Morgan fingerprint density at radius 2 is 1.21 bits per heavy atom. The van der Waals surface area contributed by atoms with Crippen LogP contribution in [0.25, 0.3) is 0 Å². The second-order valence-electron chi connectivity index (χ2n) is 7.76. The van der Waals surface area contributed by atoms with Gasteiger partial charge in [0.2, 0.25) is 0 Å². The normalized spacial score (nSPS) is 13.8. The summed E-state index contributed by atoms with van der Waals surface area (Å²) >= 11 is 0. The van der Waals surface area contributed by atoms with Crippen molar-refractivity contribution in [1.29, 1.82) is 0 Å². The number of aliphatic carboxylic acids is 1. The van der Waals surface area contributed by atoms with Crippen LogP contribution in [0.4, 0.5) is 0 Å². The van der Waals surface area contributed by atoms with E-state index in [4.69, 9.17) is 5.11 Å². The molecule has 0 aromatic heterocycles. The molecule has 2 nitrogen and oxygen atoms in total. The van der Waals surface area contributed by atoms with E-state index in [1.54, 1.807) is 0 Å². The third kappa shape index (κ3) is 15.0. The highest BCUT2D eigenvalue weighted by Crippen LogP contribution is 2.27. The third-order valence-corrected chi connectivity index (χ3v) is 5.59. The summed E-state index contributed by atoms with van der Waals surface area (Å²) in [4.78, 5) is 10.7. The van der Waals surface area contributed by atoms with Crippen LogP contribution < -0.4 is 0 Å². The molecule has 0 aliphatic heterocycles. The van der Waals surface area contributed by atoms with Crippen LogP contribution in [0.5, 0.6) is 0 Å². The molecule has 0 bridgehead atoms. The van der Waals surface area contributed by atoms with Crippen LogP contribution in [0, 0.1) is 11.8 Å². The Balaban J connectivity index is 3.56. The summed E-state index contributed by atoms with van der Waals surface area (Å²) in [5.74, 6) is 0.822. The standard InChI is InChI=1S/C22H44O2/c1-4-6-7-8-9-10-11-12-13-14-15-17-21(20(3)5-2)18-16-19-22(23)24/h20-21H,4-19H2,1-3H3,(H,23,24). The van der Waals surface area contributed by atoms with Crippen LogP contribution in [0.1, 0.15) is 124 Å². The lowest BCUT2D eigenvalue weighted by Crippen LogP contribution is -2.12. The number of unbranched alkanes of at least 4 members (excludes halogenated alkanes) is 10. The zero-order valence-electron chi connectivity index (χ0n) is 16.8. The van der Waals surface area contributed by atoms with Gasteiger partial charge in [-0.05, 0) is 24.7 Å². The molecule has 0 heterocycles. The van der Waals surface area contributed by atoms with Crippen LogP contribution in [-0.2, 0) is 4.79 Å². The molecule has 0 amide bonds. The van der Waals surface area contributed by atoms with E-state index in [2.05, 4.69) is 20.8 Å². The smallest absolute Gasteiger partial charge is 0.303 e. The first-order valence-electron chi connectivity index (χ1n) is 10.8. The van der Waals surface area contributed by atoms with Crippen molar-refractivity contribution in [1.82, 2.24) is 0 Å². The molecule has 0 aromatic rings. The predicted octanol–water partition coefficient (Wildman–Crippen LogP) is 7.60. The predicted molar refractivity (Wildman–Crippen MR) is 106 cm³/mol. The Hall–Kier alpha value is -0.530. The van der Waals surface area contributed by atoms with Crippen molar-refractivity contribution in [3.8, 4) is 0 Å². The van der Waals surface area contributed by atoms with Gasteiger partial charge < -0.3 is 5.11 Å². The Bertz CT molecular complexity index is 275. The van der Waals surface area contributed by atoms with E-state index < -0.39 is 5.97 Å². The highest BCUT2D eigenvalue weighted by atomic mass is 16.4. The molecule has 2 atom stereocenters. The number of carboxylic acids is 1. The van der Waals surface area contributed by atoms with E-state index in [1.165, 1.54) is 83.5 Å². The molecule has 0 saturated carbocycles. The topological polar surface area (TPSA) is 37.3 Å². The van der Waals surface area contributed by atoms with Crippen molar-refractivity contribution in [2.75, 3.05) is 0 Å². The van der Waals surface area contributed by atoms with Crippen molar-refractivity contribution in [3.05, 3.63) is 0 Å². The van der Waals surface area contributed by atoms with Crippen molar-refractivity contribution < 1.29 is 9.90 Å². The fourth-order valence-corrected chi connectivity index (χ4v) is 3.63. The number of hydrogen-bond acceptors (Lipinski definition) is 1. The number of carbonyl (C=O) groups is 1. The molecular weight excluding hydrogens is 296 g/mol. The van der Waals surface area contributed by atoms with Gasteiger partial charge in [-0.25, -0.2) is 0 Å². The largest absolute Gasteiger partial charge is 0.481 e. The molecule has 0 aliphatic carbocycles. The van der Waals surface area contributed by atoms with Crippen LogP contribution in [0.15, 0.2) is 0 Å². The summed E-state index contributed by atoms with van der Waals surface area (Å²) < 4.78 is 0. The SMILES string of the molecule is CCCCCCCCCCCCCC(CCCC(=O)O)C(C)CC. The molecule has 0 spiro atoms. The van der Waals surface area contributed by atoms with Crippen LogP contribution >= 0.6 is 0 Å². The van der Waals surface area contributed by atoms with Crippen molar-refractivity contribution in [3.63, 3.8) is 0 Å². The zero-order valence-corrected chi connectivity index (χ0v) is 16.8. The van der Waals surface area contributed by atoms with Crippen molar-refractivity contribution >= 4 is 5.97 Å². The quantitative estimate of drug-likeness (QED) is 0.261. The van der Waals surface area contributed by atoms with Gasteiger partial charge in [-0.1, -0.05) is 104 Å². The van der Waals surface area contributed by atoms with Gasteiger partial charge in [0, 0.05) is 6.42 Å². The van der Waals surface area contributed by atoms with E-state index in [-0.39, 0.29) is 0 Å². The molecule has 0 fully saturated rings. The van der Waals surface area contributed by atoms with E-state index >= 15 is 0 Å². The third-order valence-electron chi connectivity index (χ3n) is 5.59. The summed E-state index contributed by atoms with van der Waals surface area (Å²) in [5.41, 5.74) is 0. The Labute approximate surface area is 151 Å². The van der Waals surface area contributed by atoms with E-state index in [9.17, 15) is 4.79 Å². The molecule has 0 aliphatic rings. The van der Waals surface area contributed by atoms with Gasteiger partial charge in [-0.2, -0.15) is 0 Å². The Morgan fingerprint density at radius 1 is 0.750 bits per heavy atom. The molecule has 0 saturated heterocycles. The first kappa shape index (κ1) is 23.5. The van der Waals surface area contributed by atoms with Gasteiger partial charge in [0.15, 0.2) is 0 Å². The Kier molecular flexibility index (Phi) is 16.9.